The van der Waals surface area contributed by atoms with Crippen LogP contribution in [0.4, 0.5) is 0 Å². The third-order valence-electron chi connectivity index (χ3n) is 5.13. The highest BCUT2D eigenvalue weighted by Crippen LogP contribution is 2.33. The first kappa shape index (κ1) is 14.3. The number of hydrogen-bond acceptors (Lipinski definition) is 3. The molecule has 3 heteroatoms. The van der Waals surface area contributed by atoms with Crippen LogP contribution in [0, 0.1) is 5.41 Å². The van der Waals surface area contributed by atoms with E-state index in [-0.39, 0.29) is 5.54 Å². The fraction of sp³-hybridized carbons (Fsp3) is 1.00. The molecule has 0 atom stereocenters. The molecule has 0 unspecified atom stereocenters. The van der Waals surface area contributed by atoms with Gasteiger partial charge >= 0.3 is 0 Å². The van der Waals surface area contributed by atoms with Crippen LogP contribution >= 0.6 is 0 Å². The molecule has 1 heterocycles. The van der Waals surface area contributed by atoms with Crippen molar-refractivity contribution < 1.29 is 4.74 Å². The fourth-order valence-corrected chi connectivity index (χ4v) is 3.47. The van der Waals surface area contributed by atoms with E-state index < -0.39 is 0 Å². The van der Waals surface area contributed by atoms with Gasteiger partial charge in [0.25, 0.3) is 0 Å². The molecule has 0 aromatic heterocycles. The molecule has 2 fully saturated rings. The lowest BCUT2D eigenvalue weighted by Gasteiger charge is -2.39. The average molecular weight is 254 g/mol. The van der Waals surface area contributed by atoms with Gasteiger partial charge in [-0.25, -0.2) is 0 Å². The lowest BCUT2D eigenvalue weighted by molar-refractivity contribution is 0.0121. The van der Waals surface area contributed by atoms with Gasteiger partial charge in [0.2, 0.25) is 0 Å². The molecule has 2 rings (SSSR count). The van der Waals surface area contributed by atoms with Crippen LogP contribution in [0.1, 0.15) is 58.3 Å². The Bertz CT molecular complexity index is 243. The molecular formula is C15H30N2O. The normalized spacial score (nSPS) is 27.0. The van der Waals surface area contributed by atoms with E-state index in [1.165, 1.54) is 51.4 Å². The average Bonchev–Trinajstić information content (AvgIpc) is 2.40. The minimum Gasteiger partial charge on any atom is -0.381 e. The third-order valence-corrected chi connectivity index (χ3v) is 5.13. The second-order valence-corrected chi connectivity index (χ2v) is 6.49. The molecule has 0 spiro atoms. The van der Waals surface area contributed by atoms with Crippen LogP contribution in [0.5, 0.6) is 0 Å². The van der Waals surface area contributed by atoms with Gasteiger partial charge < -0.3 is 15.8 Å². The van der Waals surface area contributed by atoms with E-state index in [4.69, 9.17) is 10.5 Å². The molecule has 0 aromatic rings. The zero-order valence-electron chi connectivity index (χ0n) is 12.0. The van der Waals surface area contributed by atoms with E-state index in [9.17, 15) is 0 Å². The van der Waals surface area contributed by atoms with Crippen LogP contribution in [-0.2, 0) is 4.74 Å². The maximum Gasteiger partial charge on any atom is 0.0471 e. The van der Waals surface area contributed by atoms with Gasteiger partial charge in [0, 0.05) is 31.8 Å². The van der Waals surface area contributed by atoms with Crippen molar-refractivity contribution in [2.45, 2.75) is 63.8 Å². The van der Waals surface area contributed by atoms with Crippen LogP contribution in [0.2, 0.25) is 0 Å². The number of ether oxygens (including phenoxy) is 1. The SMILES string of the molecule is CCC1(CNCC2(N)CCCCC2)CCOCC1. The summed E-state index contributed by atoms with van der Waals surface area (Å²) in [6, 6.07) is 0. The zero-order valence-corrected chi connectivity index (χ0v) is 12.0. The second kappa shape index (κ2) is 6.36. The Balaban J connectivity index is 1.75. The molecule has 106 valence electrons. The standard InChI is InChI=1S/C15H30N2O/c1-2-14(8-10-18-11-9-14)12-17-13-15(16)6-4-3-5-7-15/h17H,2-13,16H2,1H3. The van der Waals surface area contributed by atoms with E-state index in [0.717, 1.165) is 26.3 Å². The molecule has 2 aliphatic rings. The highest BCUT2D eigenvalue weighted by atomic mass is 16.5. The smallest absolute Gasteiger partial charge is 0.0471 e. The van der Waals surface area contributed by atoms with E-state index in [1.807, 2.05) is 0 Å². The van der Waals surface area contributed by atoms with Crippen molar-refractivity contribution in [1.82, 2.24) is 5.32 Å². The van der Waals surface area contributed by atoms with Crippen molar-refractivity contribution in [3.63, 3.8) is 0 Å². The summed E-state index contributed by atoms with van der Waals surface area (Å²) in [7, 11) is 0. The van der Waals surface area contributed by atoms with Crippen molar-refractivity contribution in [3.8, 4) is 0 Å². The van der Waals surface area contributed by atoms with Gasteiger partial charge in [-0.15, -0.1) is 0 Å². The van der Waals surface area contributed by atoms with Crippen LogP contribution in [0.3, 0.4) is 0 Å². The van der Waals surface area contributed by atoms with Gasteiger partial charge in [-0.2, -0.15) is 0 Å². The zero-order chi connectivity index (χ0) is 12.9. The number of nitrogens with two attached hydrogens (primary N) is 1. The molecular weight excluding hydrogens is 224 g/mol. The Hall–Kier alpha value is -0.120. The molecule has 1 aliphatic carbocycles. The van der Waals surface area contributed by atoms with Crippen molar-refractivity contribution in [3.05, 3.63) is 0 Å². The largest absolute Gasteiger partial charge is 0.381 e. The monoisotopic (exact) mass is 254 g/mol. The Morgan fingerprint density at radius 1 is 1.00 bits per heavy atom. The Morgan fingerprint density at radius 2 is 1.67 bits per heavy atom. The van der Waals surface area contributed by atoms with Crippen molar-refractivity contribution in [2.75, 3.05) is 26.3 Å². The highest BCUT2D eigenvalue weighted by Gasteiger charge is 2.32. The molecule has 0 bridgehead atoms. The molecule has 1 saturated carbocycles. The predicted molar refractivity (Wildman–Crippen MR) is 75.7 cm³/mol. The fourth-order valence-electron chi connectivity index (χ4n) is 3.47. The van der Waals surface area contributed by atoms with Crippen LogP contribution in [0.15, 0.2) is 0 Å². The van der Waals surface area contributed by atoms with E-state index in [2.05, 4.69) is 12.2 Å². The molecule has 3 N–H and O–H groups in total. The number of hydrogen-bond donors (Lipinski definition) is 2. The van der Waals surface area contributed by atoms with Gasteiger partial charge in [0.05, 0.1) is 0 Å². The summed E-state index contributed by atoms with van der Waals surface area (Å²) in [4.78, 5) is 0. The van der Waals surface area contributed by atoms with Gasteiger partial charge in [-0.05, 0) is 37.5 Å². The van der Waals surface area contributed by atoms with Crippen molar-refractivity contribution in [2.24, 2.45) is 11.1 Å². The van der Waals surface area contributed by atoms with E-state index >= 15 is 0 Å². The first-order chi connectivity index (χ1) is 8.68. The van der Waals surface area contributed by atoms with Gasteiger partial charge in [0.1, 0.15) is 0 Å². The first-order valence-corrected chi connectivity index (χ1v) is 7.76. The summed E-state index contributed by atoms with van der Waals surface area (Å²) in [6.45, 7) is 6.29. The third kappa shape index (κ3) is 3.69. The van der Waals surface area contributed by atoms with Crippen LogP contribution in [0.25, 0.3) is 0 Å². The van der Waals surface area contributed by atoms with Crippen LogP contribution in [-0.4, -0.2) is 31.8 Å². The number of nitrogens with one attached hydrogen (secondary N) is 1. The van der Waals surface area contributed by atoms with Crippen molar-refractivity contribution >= 4 is 0 Å². The minimum absolute atomic E-state index is 0.0678. The molecule has 0 amide bonds. The maximum absolute atomic E-state index is 6.47. The van der Waals surface area contributed by atoms with Gasteiger partial charge in [-0.3, -0.25) is 0 Å². The quantitative estimate of drug-likeness (QED) is 0.792. The van der Waals surface area contributed by atoms with E-state index in [0.29, 0.717) is 5.41 Å². The summed E-state index contributed by atoms with van der Waals surface area (Å²) in [6.07, 6.45) is 10.0. The lowest BCUT2D eigenvalue weighted by Crippen LogP contribution is -2.52. The highest BCUT2D eigenvalue weighted by molar-refractivity contribution is 4.91. The molecule has 3 nitrogen and oxygen atoms in total. The van der Waals surface area contributed by atoms with Crippen molar-refractivity contribution in [1.29, 1.82) is 0 Å². The maximum atomic E-state index is 6.47. The van der Waals surface area contributed by atoms with Gasteiger partial charge in [0.15, 0.2) is 0 Å². The minimum atomic E-state index is 0.0678. The number of rotatable bonds is 5. The summed E-state index contributed by atoms with van der Waals surface area (Å²) >= 11 is 0. The summed E-state index contributed by atoms with van der Waals surface area (Å²) in [5.41, 5.74) is 7.00. The first-order valence-electron chi connectivity index (χ1n) is 7.76. The Kier molecular flexibility index (Phi) is 5.05. The molecule has 0 radical (unpaired) electrons. The summed E-state index contributed by atoms with van der Waals surface area (Å²) < 4.78 is 5.49. The lowest BCUT2D eigenvalue weighted by atomic mass is 9.77. The molecule has 18 heavy (non-hydrogen) atoms. The topological polar surface area (TPSA) is 47.3 Å². The summed E-state index contributed by atoms with van der Waals surface area (Å²) in [5.74, 6) is 0. The second-order valence-electron chi connectivity index (χ2n) is 6.49. The predicted octanol–water partition coefficient (Wildman–Crippen LogP) is 2.44. The van der Waals surface area contributed by atoms with E-state index in [1.54, 1.807) is 0 Å². The molecule has 1 saturated heterocycles. The van der Waals surface area contributed by atoms with Crippen LogP contribution < -0.4 is 11.1 Å². The Morgan fingerprint density at radius 3 is 2.28 bits per heavy atom. The molecule has 0 aromatic carbocycles. The Labute approximate surface area is 112 Å². The molecule has 1 aliphatic heterocycles. The van der Waals surface area contributed by atoms with Gasteiger partial charge in [-0.1, -0.05) is 26.2 Å². The summed E-state index contributed by atoms with van der Waals surface area (Å²) in [5, 5.41) is 3.68.